The van der Waals surface area contributed by atoms with Gasteiger partial charge in [-0.05, 0) is 98.0 Å². The molecule has 10 atom stereocenters. The van der Waals surface area contributed by atoms with Crippen molar-refractivity contribution in [3.8, 4) is 5.75 Å². The summed E-state index contributed by atoms with van der Waals surface area (Å²) in [4.78, 5) is 167. The maximum absolute atomic E-state index is 14.6. The Kier molecular flexibility index (Phi) is 28.9. The van der Waals surface area contributed by atoms with E-state index in [0.717, 1.165) is 39.9 Å². The van der Waals surface area contributed by atoms with Crippen LogP contribution in [0.1, 0.15) is 87.0 Å². The minimum absolute atomic E-state index is 0.00532. The molecule has 2 fully saturated rings. The fourth-order valence-electron chi connectivity index (χ4n) is 12.0. The molecule has 0 unspecified atom stereocenters. The Balaban J connectivity index is 0.000000454. The highest BCUT2D eigenvalue weighted by atomic mass is 33.1. The van der Waals surface area contributed by atoms with E-state index in [-0.39, 0.29) is 99.3 Å². The number of aliphatic hydroxyl groups excluding tert-OH is 1. The Hall–Kier alpha value is -9.73. The number of hydrogen-bond acceptors (Lipinski definition) is 18. The fraction of sp³-hybridized carbons (Fsp3) is 0.470. The molecule has 0 radical (unpaired) electrons. The summed E-state index contributed by atoms with van der Waals surface area (Å²) in [6.45, 7) is 2.32. The maximum Gasteiger partial charge on any atom is 0.246 e. The number of primary amides is 3. The number of nitrogens with two attached hydrogens (primary N) is 4. The lowest BCUT2D eigenvalue weighted by Crippen LogP contribution is -2.61. The van der Waals surface area contributed by atoms with Gasteiger partial charge in [0, 0.05) is 80.0 Å². The maximum atomic E-state index is 14.6. The van der Waals surface area contributed by atoms with Gasteiger partial charge >= 0.3 is 0 Å². The van der Waals surface area contributed by atoms with E-state index in [0.29, 0.717) is 30.1 Å². The van der Waals surface area contributed by atoms with Crippen LogP contribution in [0.15, 0.2) is 85.1 Å². The molecule has 0 saturated carbocycles. The van der Waals surface area contributed by atoms with Crippen LogP contribution >= 0.6 is 21.6 Å². The van der Waals surface area contributed by atoms with Crippen molar-refractivity contribution in [3.63, 3.8) is 0 Å². The molecule has 4 heterocycles. The Morgan fingerprint density at radius 3 is 2.08 bits per heavy atom. The van der Waals surface area contributed by atoms with E-state index < -0.39 is 133 Å². The number of rotatable bonds is 23. The third kappa shape index (κ3) is 22.7. The summed E-state index contributed by atoms with van der Waals surface area (Å²) in [6.07, 6.45) is 4.64. The normalized spacial score (nSPS) is 22.3. The van der Waals surface area contributed by atoms with Crippen molar-refractivity contribution in [2.24, 2.45) is 28.9 Å². The van der Waals surface area contributed by atoms with Crippen LogP contribution in [0.5, 0.6) is 5.75 Å². The molecule has 0 spiro atoms. The molecule has 2 saturated heterocycles. The summed E-state index contributed by atoms with van der Waals surface area (Å²) in [5.41, 5.74) is 27.7. The lowest BCUT2D eigenvalue weighted by Gasteiger charge is -2.39. The van der Waals surface area contributed by atoms with Gasteiger partial charge in [-0.2, -0.15) is 0 Å². The second-order valence-corrected chi connectivity index (χ2v) is 27.2. The molecule has 99 heavy (non-hydrogen) atoms. The summed E-state index contributed by atoms with van der Waals surface area (Å²) in [7, 11) is 4.28. The van der Waals surface area contributed by atoms with E-state index in [9.17, 15) is 67.7 Å². The van der Waals surface area contributed by atoms with Crippen molar-refractivity contribution in [3.05, 3.63) is 107 Å². The lowest BCUT2D eigenvalue weighted by atomic mass is 9.80. The standard InChI is InChI=1S/C46H64N14O12S2.C20H25N3O2/c47-35(62)15-14-29-40(67)58-32(22-36(48)63)43(70)59-33(45(72)60-18-5-9-34(60)44(71)56-28(8-4-17-52-46(50)51)39(66)53-23-37(49)64)24-74-73-19-16-38(65)54-30(21-26-10-12-27(61)13-11-26)41(68)57-31(42(69)55-29)20-25-6-2-1-3-7-25;1-3-14(11-24)22-20(25)13-7-16-15-5-4-6-17-19(15)12(9-21-17)8-18(16)23(2)10-13/h1-3,6-7,10-13,28-34,61H,4-5,8-9,14-24H2,(H2,47,62)(H2,48,63)(H2,49,64)(H,53,66)(H,54,65)(H,55,69)(H,56,71)(H,57,68)(H,58,67)(H,59,70)(H4,50,51,52);4-7,9,13-14,18,21,24H,3,8,10-11H2,1-2H3,(H,22,25)/t28-,29-,30-,31-,32-,33-,34-;13-,14+,18-/m01/s1. The van der Waals surface area contributed by atoms with Crippen LogP contribution in [0.25, 0.3) is 16.5 Å². The molecule has 534 valence electrons. The van der Waals surface area contributed by atoms with E-state index in [2.05, 4.69) is 95.3 Å². The van der Waals surface area contributed by atoms with Gasteiger partial charge in [-0.1, -0.05) is 89.2 Å². The third-order valence-electron chi connectivity index (χ3n) is 17.2. The average molecular weight is 1410 g/mol. The third-order valence-corrected chi connectivity index (χ3v) is 19.6. The first-order valence-corrected chi connectivity index (χ1v) is 35.1. The molecule has 8 rings (SSSR count). The Labute approximate surface area is 579 Å². The van der Waals surface area contributed by atoms with E-state index >= 15 is 0 Å². The van der Waals surface area contributed by atoms with Gasteiger partial charge in [-0.25, -0.2) is 0 Å². The number of likely N-dealkylation sites (N-methyl/N-ethyl adjacent to an activating group) is 1. The number of likely N-dealkylation sites (tertiary alicyclic amines) is 1. The van der Waals surface area contributed by atoms with Crippen molar-refractivity contribution >= 4 is 115 Å². The summed E-state index contributed by atoms with van der Waals surface area (Å²) in [6, 6.07) is 11.0. The largest absolute Gasteiger partial charge is 0.508 e. The molecule has 3 aliphatic heterocycles. The number of carbonyl (C=O) groups excluding carboxylic acids is 12. The molecule has 1 aliphatic carbocycles. The number of phenols is 1. The highest BCUT2D eigenvalue weighted by Gasteiger charge is 2.41. The first-order valence-electron chi connectivity index (χ1n) is 32.6. The zero-order valence-electron chi connectivity index (χ0n) is 55.1. The smallest absolute Gasteiger partial charge is 0.246 e. The Morgan fingerprint density at radius 1 is 0.747 bits per heavy atom. The Bertz CT molecular complexity index is 3610. The fourth-order valence-corrected chi connectivity index (χ4v) is 14.2. The number of aliphatic hydroxyl groups is 1. The van der Waals surface area contributed by atoms with Crippen molar-refractivity contribution in [2.75, 3.05) is 51.3 Å². The van der Waals surface area contributed by atoms with Crippen LogP contribution in [0, 0.1) is 11.3 Å². The number of aromatic hydroxyl groups is 1. The zero-order chi connectivity index (χ0) is 71.9. The molecule has 1 aromatic heterocycles. The number of H-pyrrole nitrogens is 1. The van der Waals surface area contributed by atoms with Crippen LogP contribution in [0.4, 0.5) is 0 Å². The highest BCUT2D eigenvalue weighted by Crippen LogP contribution is 2.41. The second-order valence-electron chi connectivity index (χ2n) is 24.6. The SMILES string of the molecule is CC[C@@H](CO)NC(=O)[C@@H]1C=C2c3cccc4[nH]cc(c34)C[C@H]2N(C)C1.N=C(N)NCCC[C@H](NC(=O)[C@@H]1CCCN1C(=O)[C@@H]1CSSCCC(=O)N[C@@H](Cc2ccc(O)cc2)C(=O)N[C@@H](Cc2ccccc2)C(=O)N[C@@H](CCC(N)=O)C(=O)N[C@@H](CC(N)=O)C(=O)N1)C(=O)NCC(N)=O. The molecule has 33 heteroatoms. The minimum atomic E-state index is -1.77. The van der Waals surface area contributed by atoms with Gasteiger partial charge in [-0.15, -0.1) is 0 Å². The van der Waals surface area contributed by atoms with Crippen LogP contribution in [0.3, 0.4) is 0 Å². The quantitative estimate of drug-likeness (QED) is 0.0162. The number of hydrogen-bond donors (Lipinski definition) is 17. The molecule has 4 aromatic rings. The van der Waals surface area contributed by atoms with Gasteiger partial charge in [0.15, 0.2) is 5.96 Å². The lowest BCUT2D eigenvalue weighted by molar-refractivity contribution is -0.142. The summed E-state index contributed by atoms with van der Waals surface area (Å²) in [5, 5.41) is 51.4. The van der Waals surface area contributed by atoms with Crippen LogP contribution in [-0.2, 0) is 76.8 Å². The van der Waals surface area contributed by atoms with Crippen LogP contribution in [0.2, 0.25) is 0 Å². The monoisotopic (exact) mass is 1410 g/mol. The van der Waals surface area contributed by atoms with Crippen molar-refractivity contribution in [2.45, 2.75) is 138 Å². The summed E-state index contributed by atoms with van der Waals surface area (Å²) in [5.74, 6) is -10.1. The minimum Gasteiger partial charge on any atom is -0.508 e. The first kappa shape index (κ1) is 76.6. The number of benzene rings is 3. The van der Waals surface area contributed by atoms with Gasteiger partial charge in [-0.3, -0.25) is 67.8 Å². The van der Waals surface area contributed by atoms with Crippen molar-refractivity contribution < 1.29 is 67.7 Å². The van der Waals surface area contributed by atoms with E-state index in [1.54, 1.807) is 42.5 Å². The number of nitrogens with zero attached hydrogens (tertiary/aromatic N) is 2. The molecule has 4 aliphatic rings. The summed E-state index contributed by atoms with van der Waals surface area (Å²) < 4.78 is 0. The molecule has 12 amide bonds. The number of carbonyl (C=O) groups is 12. The number of amides is 12. The zero-order valence-corrected chi connectivity index (χ0v) is 56.7. The first-order chi connectivity index (χ1) is 47.3. The van der Waals surface area contributed by atoms with Gasteiger partial charge in [0.2, 0.25) is 70.9 Å². The number of fused-ring (bicyclic) bond motifs is 2. The predicted octanol–water partition coefficient (Wildman–Crippen LogP) is -2.21. The molecular weight excluding hydrogens is 1320 g/mol. The van der Waals surface area contributed by atoms with Gasteiger partial charge in [0.25, 0.3) is 0 Å². The molecule has 0 bridgehead atoms. The topological polar surface area (TPSA) is 504 Å². The number of nitrogens with one attached hydrogen (secondary N) is 11. The van der Waals surface area contributed by atoms with Crippen molar-refractivity contribution in [1.82, 2.24) is 62.6 Å². The number of aromatic amines is 1. The van der Waals surface area contributed by atoms with Gasteiger partial charge in [0.05, 0.1) is 31.5 Å². The predicted molar refractivity (Wildman–Crippen MR) is 371 cm³/mol. The van der Waals surface area contributed by atoms with E-state index in [1.165, 1.54) is 39.1 Å². The molecular formula is C66H89N17O14S2. The molecule has 3 aromatic carbocycles. The molecule has 31 nitrogen and oxygen atoms in total. The summed E-state index contributed by atoms with van der Waals surface area (Å²) >= 11 is 0. The number of aromatic nitrogens is 1. The van der Waals surface area contributed by atoms with Gasteiger partial charge < -0.3 is 90.9 Å². The van der Waals surface area contributed by atoms with E-state index in [1.807, 2.05) is 6.92 Å². The van der Waals surface area contributed by atoms with E-state index in [4.69, 9.17) is 28.3 Å². The molecule has 21 N–H and O–H groups in total. The van der Waals surface area contributed by atoms with Crippen LogP contribution < -0.4 is 70.8 Å². The highest BCUT2D eigenvalue weighted by molar-refractivity contribution is 8.76. The number of phenolic OH excluding ortho intramolecular Hbond substituents is 1. The van der Waals surface area contributed by atoms with Crippen LogP contribution in [-0.4, -0.2) is 208 Å². The average Bonchev–Trinajstić information content (AvgIpc) is 1.71. The second kappa shape index (κ2) is 37.3. The van der Waals surface area contributed by atoms with Crippen molar-refractivity contribution in [1.29, 1.82) is 5.41 Å². The number of guanidine groups is 1. The van der Waals surface area contributed by atoms with Gasteiger partial charge in [0.1, 0.15) is 48.0 Å². The Morgan fingerprint density at radius 2 is 1.41 bits per heavy atom.